The van der Waals surface area contributed by atoms with E-state index in [0.717, 1.165) is 6.54 Å². The molecule has 0 aromatic rings. The number of nitrogens with two attached hydrogens (primary N) is 1. The van der Waals surface area contributed by atoms with Gasteiger partial charge >= 0.3 is 0 Å². The zero-order valence-electron chi connectivity index (χ0n) is 11.0. The topological polar surface area (TPSA) is 46.3 Å². The summed E-state index contributed by atoms with van der Waals surface area (Å²) in [6.07, 6.45) is 5.36. The van der Waals surface area contributed by atoms with E-state index < -0.39 is 0 Å². The highest BCUT2D eigenvalue weighted by molar-refractivity contribution is 8.01. The summed E-state index contributed by atoms with van der Waals surface area (Å²) in [5.41, 5.74) is 6.98. The summed E-state index contributed by atoms with van der Waals surface area (Å²) < 4.78 is 2.35. The van der Waals surface area contributed by atoms with Crippen molar-refractivity contribution in [3.05, 3.63) is 10.6 Å². The Balaban J connectivity index is 2.04. The first-order valence-corrected chi connectivity index (χ1v) is 7.13. The predicted molar refractivity (Wildman–Crippen MR) is 72.2 cm³/mol. The zero-order chi connectivity index (χ0) is 12.6. The number of allylic oxidation sites excluding steroid dienone is 2. The molecule has 2 fully saturated rings. The molecule has 1 aliphatic heterocycles. The van der Waals surface area contributed by atoms with Gasteiger partial charge in [0.25, 0.3) is 0 Å². The minimum Gasteiger partial charge on any atom is -0.401 e. The molecule has 2 N–H and O–H groups in total. The normalized spacial score (nSPS) is 29.0. The van der Waals surface area contributed by atoms with Crippen LogP contribution in [0, 0.1) is 5.41 Å². The molecule has 17 heavy (non-hydrogen) atoms. The maximum atomic E-state index is 11.5. The number of nitrogens with zero attached hydrogens (tertiary/aromatic N) is 1. The van der Waals surface area contributed by atoms with Gasteiger partial charge in [0.15, 0.2) is 5.78 Å². The van der Waals surface area contributed by atoms with E-state index in [-0.39, 0.29) is 5.78 Å². The molecule has 1 spiro atoms. The first-order valence-electron chi connectivity index (χ1n) is 6.35. The lowest BCUT2D eigenvalue weighted by Gasteiger charge is -2.38. The van der Waals surface area contributed by atoms with Gasteiger partial charge in [-0.1, -0.05) is 6.42 Å². The third kappa shape index (κ3) is 2.52. The van der Waals surface area contributed by atoms with Gasteiger partial charge in [0, 0.05) is 18.3 Å². The summed E-state index contributed by atoms with van der Waals surface area (Å²) in [6.45, 7) is 6.77. The Kier molecular flexibility index (Phi) is 3.55. The molecule has 2 rings (SSSR count). The monoisotopic (exact) mass is 254 g/mol. The molecule has 0 radical (unpaired) electrons. The first kappa shape index (κ1) is 13.0. The number of hydrogen-bond acceptors (Lipinski definition) is 4. The highest BCUT2D eigenvalue weighted by Gasteiger charge is 2.46. The van der Waals surface area contributed by atoms with Crippen LogP contribution in [0.1, 0.15) is 46.5 Å². The second kappa shape index (κ2) is 4.65. The smallest absolute Gasteiger partial charge is 0.169 e. The van der Waals surface area contributed by atoms with E-state index in [2.05, 4.69) is 11.2 Å². The maximum Gasteiger partial charge on any atom is 0.169 e. The van der Waals surface area contributed by atoms with Crippen molar-refractivity contribution >= 4 is 17.7 Å². The van der Waals surface area contributed by atoms with Gasteiger partial charge in [0.05, 0.1) is 4.91 Å². The van der Waals surface area contributed by atoms with Crippen molar-refractivity contribution in [2.24, 2.45) is 11.1 Å². The van der Waals surface area contributed by atoms with Crippen molar-refractivity contribution in [2.75, 3.05) is 6.54 Å². The van der Waals surface area contributed by atoms with Gasteiger partial charge in [-0.2, -0.15) is 0 Å². The van der Waals surface area contributed by atoms with Crippen molar-refractivity contribution in [1.29, 1.82) is 0 Å². The fraction of sp³-hybridized carbons (Fsp3) is 0.769. The fourth-order valence-corrected chi connectivity index (χ4v) is 4.07. The molecule has 1 unspecified atom stereocenters. The number of carbonyl (C=O) groups excluding carboxylic acids is 1. The van der Waals surface area contributed by atoms with Crippen LogP contribution in [0.15, 0.2) is 10.6 Å². The minimum absolute atomic E-state index is 0.0803. The number of ketones is 1. The molecule has 0 aromatic carbocycles. The van der Waals surface area contributed by atoms with Crippen LogP contribution >= 0.6 is 11.9 Å². The molecule has 3 nitrogen and oxygen atoms in total. The third-order valence-electron chi connectivity index (χ3n) is 4.01. The van der Waals surface area contributed by atoms with Crippen LogP contribution in [-0.2, 0) is 4.79 Å². The van der Waals surface area contributed by atoms with Crippen molar-refractivity contribution < 1.29 is 4.79 Å². The molecule has 0 bridgehead atoms. The lowest BCUT2D eigenvalue weighted by atomic mass is 9.68. The van der Waals surface area contributed by atoms with Gasteiger partial charge in [-0.25, -0.2) is 4.31 Å². The minimum atomic E-state index is 0.0803. The average Bonchev–Trinajstić information content (AvgIpc) is 2.51. The molecular weight excluding hydrogens is 232 g/mol. The third-order valence-corrected chi connectivity index (χ3v) is 5.53. The van der Waals surface area contributed by atoms with E-state index in [0.29, 0.717) is 22.1 Å². The first-order chi connectivity index (χ1) is 7.93. The Morgan fingerprint density at radius 2 is 2.06 bits per heavy atom. The highest BCUT2D eigenvalue weighted by Crippen LogP contribution is 2.52. The summed E-state index contributed by atoms with van der Waals surface area (Å²) in [6, 6.07) is 0.550. The second-order valence-corrected chi connectivity index (χ2v) is 6.70. The molecule has 1 saturated heterocycles. The van der Waals surface area contributed by atoms with Crippen molar-refractivity contribution in [2.45, 2.75) is 52.5 Å². The molecule has 0 amide bonds. The van der Waals surface area contributed by atoms with Crippen LogP contribution in [-0.4, -0.2) is 22.7 Å². The standard InChI is InChI=1S/C13H22N2OS/c1-9-7-13(5-4-6-13)8-15(9)17-12(10(2)14)11(3)16/h9H,4-8,14H2,1-3H3/b12-10+. The van der Waals surface area contributed by atoms with E-state index in [1.807, 2.05) is 6.92 Å². The van der Waals surface area contributed by atoms with E-state index in [1.54, 1.807) is 18.9 Å². The van der Waals surface area contributed by atoms with Gasteiger partial charge in [0.2, 0.25) is 0 Å². The van der Waals surface area contributed by atoms with Gasteiger partial charge in [-0.15, -0.1) is 0 Å². The fourth-order valence-electron chi connectivity index (χ4n) is 2.97. The van der Waals surface area contributed by atoms with Crippen molar-refractivity contribution in [3.8, 4) is 0 Å². The van der Waals surface area contributed by atoms with Crippen LogP contribution < -0.4 is 5.73 Å². The van der Waals surface area contributed by atoms with Crippen molar-refractivity contribution in [3.63, 3.8) is 0 Å². The second-order valence-electron chi connectivity index (χ2n) is 5.64. The van der Waals surface area contributed by atoms with Crippen LogP contribution in [0.4, 0.5) is 0 Å². The quantitative estimate of drug-likeness (QED) is 0.621. The Hall–Kier alpha value is -0.480. The van der Waals surface area contributed by atoms with Gasteiger partial charge < -0.3 is 5.73 Å². The van der Waals surface area contributed by atoms with Crippen LogP contribution in [0.25, 0.3) is 0 Å². The van der Waals surface area contributed by atoms with E-state index in [4.69, 9.17) is 5.73 Å². The lowest BCUT2D eigenvalue weighted by molar-refractivity contribution is -0.113. The van der Waals surface area contributed by atoms with Crippen molar-refractivity contribution in [1.82, 2.24) is 4.31 Å². The largest absolute Gasteiger partial charge is 0.401 e. The Morgan fingerprint density at radius 1 is 1.41 bits per heavy atom. The SMILES string of the molecule is CC(=O)/C(SN1CC2(CCC2)CC1C)=C(/C)N. The number of carbonyl (C=O) groups is 1. The van der Waals surface area contributed by atoms with Crippen LogP contribution in [0.5, 0.6) is 0 Å². The van der Waals surface area contributed by atoms with E-state index >= 15 is 0 Å². The number of rotatable bonds is 3. The number of hydrogen-bond donors (Lipinski definition) is 1. The van der Waals surface area contributed by atoms with E-state index in [1.165, 1.54) is 25.7 Å². The molecule has 2 aliphatic rings. The summed E-state index contributed by atoms with van der Waals surface area (Å²) in [5.74, 6) is 0.0803. The molecule has 1 atom stereocenters. The maximum absolute atomic E-state index is 11.5. The van der Waals surface area contributed by atoms with Crippen LogP contribution in [0.2, 0.25) is 0 Å². The molecule has 1 aliphatic carbocycles. The Morgan fingerprint density at radius 3 is 2.41 bits per heavy atom. The summed E-state index contributed by atoms with van der Waals surface area (Å²) in [4.78, 5) is 12.3. The van der Waals surface area contributed by atoms with E-state index in [9.17, 15) is 4.79 Å². The average molecular weight is 254 g/mol. The summed E-state index contributed by atoms with van der Waals surface area (Å²) in [5, 5.41) is 0. The molecule has 4 heteroatoms. The lowest BCUT2D eigenvalue weighted by Crippen LogP contribution is -2.31. The zero-order valence-corrected chi connectivity index (χ0v) is 11.8. The molecule has 1 saturated carbocycles. The number of Topliss-reactive ketones (excluding diaryl/α,β-unsaturated/α-hetero) is 1. The van der Waals surface area contributed by atoms with Gasteiger partial charge in [0.1, 0.15) is 0 Å². The predicted octanol–water partition coefficient (Wildman–Crippen LogP) is 2.68. The molecule has 96 valence electrons. The Labute approximate surface area is 108 Å². The highest BCUT2D eigenvalue weighted by atomic mass is 32.2. The van der Waals surface area contributed by atoms with Crippen LogP contribution in [0.3, 0.4) is 0 Å². The summed E-state index contributed by atoms with van der Waals surface area (Å²) >= 11 is 1.57. The van der Waals surface area contributed by atoms with Gasteiger partial charge in [-0.05, 0) is 57.4 Å². The molecule has 0 aromatic heterocycles. The van der Waals surface area contributed by atoms with Gasteiger partial charge in [-0.3, -0.25) is 4.79 Å². The summed E-state index contributed by atoms with van der Waals surface area (Å²) in [7, 11) is 0. The Bertz CT molecular complexity index is 356. The molecule has 1 heterocycles. The molecular formula is C13H22N2OS.